The first-order chi connectivity index (χ1) is 19.4. The molecule has 1 aliphatic carbocycles. The van der Waals surface area contributed by atoms with E-state index in [-0.39, 0.29) is 11.9 Å². The van der Waals surface area contributed by atoms with Crippen molar-refractivity contribution < 1.29 is 17.9 Å². The minimum absolute atomic E-state index is 0.236. The number of carbonyl (C=O) groups excluding carboxylic acids is 1. The smallest absolute Gasteiger partial charge is 0.344 e. The highest BCUT2D eigenvalue weighted by molar-refractivity contribution is 9.10. The summed E-state index contributed by atoms with van der Waals surface area (Å²) in [5.41, 5.74) is 3.33. The second kappa shape index (κ2) is 10.7. The summed E-state index contributed by atoms with van der Waals surface area (Å²) in [6.07, 6.45) is 6.44. The molecule has 0 atom stereocenters. The van der Waals surface area contributed by atoms with E-state index < -0.39 is 16.0 Å². The van der Waals surface area contributed by atoms with Gasteiger partial charge in [0.2, 0.25) is 10.0 Å². The normalized spacial score (nSPS) is 15.8. The number of nitrogens with one attached hydrogen (secondary N) is 1. The van der Waals surface area contributed by atoms with E-state index in [1.165, 1.54) is 0 Å². The van der Waals surface area contributed by atoms with Gasteiger partial charge in [0.1, 0.15) is 11.9 Å². The molecular weight excluding hydrogens is 596 g/mol. The van der Waals surface area contributed by atoms with E-state index in [9.17, 15) is 13.2 Å². The summed E-state index contributed by atoms with van der Waals surface area (Å²) >= 11 is 3.58. The highest BCUT2D eigenvalue weighted by atomic mass is 79.9. The molecule has 12 heteroatoms. The van der Waals surface area contributed by atoms with Crippen LogP contribution in [-0.2, 0) is 14.8 Å². The van der Waals surface area contributed by atoms with Gasteiger partial charge in [-0.15, -0.1) is 0 Å². The van der Waals surface area contributed by atoms with Crippen molar-refractivity contribution in [3.8, 4) is 5.82 Å². The standard InChI is InChI=1S/C28H29BrN6O4S/c1-2-39-28(36)25-26(21-17-19(29)7-10-22(21)31-27(25)35-12-11-30-18-35)34-15-13-33(14-16-34)24-6-4-3-5-23(24)32-40(37,38)20-8-9-20/h3-7,10-12,17-18,20,32H,2,8-9,13-16H2,1H3. The lowest BCUT2D eigenvalue weighted by Crippen LogP contribution is -2.47. The molecule has 0 radical (unpaired) electrons. The van der Waals surface area contributed by atoms with Gasteiger partial charge in [-0.2, -0.15) is 0 Å². The number of ether oxygens (including phenoxy) is 1. The molecule has 4 aromatic rings. The molecule has 40 heavy (non-hydrogen) atoms. The van der Waals surface area contributed by atoms with Crippen molar-refractivity contribution in [2.75, 3.05) is 47.3 Å². The Hall–Kier alpha value is -3.64. The summed E-state index contributed by atoms with van der Waals surface area (Å²) < 4.78 is 36.3. The van der Waals surface area contributed by atoms with Gasteiger partial charge in [-0.3, -0.25) is 9.29 Å². The third-order valence-electron chi connectivity index (χ3n) is 7.19. The van der Waals surface area contributed by atoms with Crippen molar-refractivity contribution in [1.82, 2.24) is 14.5 Å². The number of hydrogen-bond acceptors (Lipinski definition) is 8. The number of imidazole rings is 1. The number of rotatable bonds is 8. The average Bonchev–Trinajstić information content (AvgIpc) is 3.68. The first kappa shape index (κ1) is 26.6. The Bertz CT molecular complexity index is 1670. The lowest BCUT2D eigenvalue weighted by molar-refractivity contribution is 0.0527. The summed E-state index contributed by atoms with van der Waals surface area (Å²) in [6.45, 7) is 4.48. The van der Waals surface area contributed by atoms with Gasteiger partial charge >= 0.3 is 5.97 Å². The molecule has 0 spiro atoms. The maximum absolute atomic E-state index is 13.5. The maximum atomic E-state index is 13.5. The first-order valence-corrected chi connectivity index (χ1v) is 15.6. The number of fused-ring (bicyclic) bond motifs is 1. The molecule has 208 valence electrons. The van der Waals surface area contributed by atoms with E-state index in [0.29, 0.717) is 56.1 Å². The molecule has 2 aliphatic rings. The van der Waals surface area contributed by atoms with Crippen LogP contribution in [0.4, 0.5) is 17.1 Å². The molecule has 1 saturated heterocycles. The minimum Gasteiger partial charge on any atom is -0.462 e. The summed E-state index contributed by atoms with van der Waals surface area (Å²) in [5.74, 6) is 0.0147. The average molecular weight is 626 g/mol. The summed E-state index contributed by atoms with van der Waals surface area (Å²) in [7, 11) is -3.39. The van der Waals surface area contributed by atoms with Crippen molar-refractivity contribution >= 4 is 59.9 Å². The van der Waals surface area contributed by atoms with Crippen molar-refractivity contribution in [2.45, 2.75) is 25.0 Å². The molecule has 6 rings (SSSR count). The summed E-state index contributed by atoms with van der Waals surface area (Å²) in [4.78, 5) is 26.9. The number of hydrogen-bond donors (Lipinski definition) is 1. The maximum Gasteiger partial charge on any atom is 0.344 e. The third-order valence-corrected chi connectivity index (χ3v) is 9.53. The number of benzene rings is 2. The Balaban J connectivity index is 1.37. The van der Waals surface area contributed by atoms with Gasteiger partial charge in [0.05, 0.1) is 34.4 Å². The zero-order chi connectivity index (χ0) is 27.9. The number of esters is 1. The third kappa shape index (κ3) is 5.13. The minimum atomic E-state index is -3.39. The molecule has 3 heterocycles. The Morgan fingerprint density at radius 2 is 1.85 bits per heavy atom. The van der Waals surface area contributed by atoms with Crippen LogP contribution in [0.15, 0.2) is 65.7 Å². The SMILES string of the molecule is CCOC(=O)c1c(-n2ccnc2)nc2ccc(Br)cc2c1N1CCN(c2ccccc2NS(=O)(=O)C2CC2)CC1. The number of halogens is 1. The van der Waals surface area contributed by atoms with Crippen molar-refractivity contribution in [3.05, 3.63) is 71.2 Å². The molecule has 2 aromatic carbocycles. The van der Waals surface area contributed by atoms with Crippen LogP contribution in [0.5, 0.6) is 0 Å². The second-order valence-corrected chi connectivity index (χ2v) is 12.7. The molecule has 1 aliphatic heterocycles. The Morgan fingerprint density at radius 3 is 2.55 bits per heavy atom. The highest BCUT2D eigenvalue weighted by Gasteiger charge is 2.36. The monoisotopic (exact) mass is 624 g/mol. The Kier molecular flexibility index (Phi) is 7.13. The molecule has 0 bridgehead atoms. The molecule has 1 saturated carbocycles. The van der Waals surface area contributed by atoms with Crippen molar-refractivity contribution in [3.63, 3.8) is 0 Å². The topological polar surface area (TPSA) is 110 Å². The van der Waals surface area contributed by atoms with Crippen LogP contribution >= 0.6 is 15.9 Å². The fourth-order valence-corrected chi connectivity index (χ4v) is 6.88. The lowest BCUT2D eigenvalue weighted by atomic mass is 10.1. The van der Waals surface area contributed by atoms with Crippen LogP contribution in [0.25, 0.3) is 16.7 Å². The Morgan fingerprint density at radius 1 is 1.10 bits per heavy atom. The number of carbonyl (C=O) groups is 1. The van der Waals surface area contributed by atoms with Gasteiger partial charge in [-0.05, 0) is 50.1 Å². The van der Waals surface area contributed by atoms with Gasteiger partial charge in [0, 0.05) is 48.4 Å². The highest BCUT2D eigenvalue weighted by Crippen LogP contribution is 2.38. The van der Waals surface area contributed by atoms with E-state index in [1.54, 1.807) is 30.2 Å². The van der Waals surface area contributed by atoms with Crippen LogP contribution < -0.4 is 14.5 Å². The van der Waals surface area contributed by atoms with Crippen LogP contribution in [-0.4, -0.2) is 67.0 Å². The number of nitrogens with zero attached hydrogens (tertiary/aromatic N) is 5. The van der Waals surface area contributed by atoms with E-state index >= 15 is 0 Å². The number of sulfonamides is 1. The zero-order valence-electron chi connectivity index (χ0n) is 22.0. The van der Waals surface area contributed by atoms with Crippen molar-refractivity contribution in [2.24, 2.45) is 0 Å². The predicted molar refractivity (Wildman–Crippen MR) is 159 cm³/mol. The number of anilines is 3. The van der Waals surface area contributed by atoms with E-state index in [1.807, 2.05) is 42.5 Å². The molecule has 0 unspecified atom stereocenters. The van der Waals surface area contributed by atoms with Crippen LogP contribution in [0.2, 0.25) is 0 Å². The first-order valence-electron chi connectivity index (χ1n) is 13.2. The van der Waals surface area contributed by atoms with E-state index in [0.717, 1.165) is 26.8 Å². The predicted octanol–water partition coefficient (Wildman–Crippen LogP) is 4.59. The quantitative estimate of drug-likeness (QED) is 0.284. The van der Waals surface area contributed by atoms with Gasteiger partial charge < -0.3 is 14.5 Å². The summed E-state index contributed by atoms with van der Waals surface area (Å²) in [5, 5.41) is 0.537. The van der Waals surface area contributed by atoms with Crippen LogP contribution in [0.3, 0.4) is 0 Å². The number of para-hydroxylation sites is 2. The van der Waals surface area contributed by atoms with Crippen LogP contribution in [0.1, 0.15) is 30.1 Å². The number of pyridine rings is 1. The second-order valence-electron chi connectivity index (χ2n) is 9.85. The van der Waals surface area contributed by atoms with Gasteiger partial charge in [-0.1, -0.05) is 28.1 Å². The molecule has 2 aromatic heterocycles. The molecule has 1 N–H and O–H groups in total. The van der Waals surface area contributed by atoms with Gasteiger partial charge in [-0.25, -0.2) is 23.2 Å². The largest absolute Gasteiger partial charge is 0.462 e. The zero-order valence-corrected chi connectivity index (χ0v) is 24.4. The van der Waals surface area contributed by atoms with E-state index in [2.05, 4.69) is 35.4 Å². The Labute approximate surface area is 241 Å². The fourth-order valence-electron chi connectivity index (χ4n) is 5.12. The fraction of sp³-hybridized carbons (Fsp3) is 0.321. The van der Waals surface area contributed by atoms with Gasteiger partial charge in [0.15, 0.2) is 5.82 Å². The molecule has 10 nitrogen and oxygen atoms in total. The molecule has 2 fully saturated rings. The lowest BCUT2D eigenvalue weighted by Gasteiger charge is -2.39. The van der Waals surface area contributed by atoms with Crippen molar-refractivity contribution in [1.29, 1.82) is 0 Å². The van der Waals surface area contributed by atoms with Gasteiger partial charge in [0.25, 0.3) is 0 Å². The molecule has 0 amide bonds. The summed E-state index contributed by atoms with van der Waals surface area (Å²) in [6, 6.07) is 13.4. The molecular formula is C28H29BrN6O4S. The number of piperazine rings is 1. The van der Waals surface area contributed by atoms with E-state index in [4.69, 9.17) is 9.72 Å². The number of aromatic nitrogens is 3. The van der Waals surface area contributed by atoms with Crippen LogP contribution in [0, 0.1) is 0 Å².